The summed E-state index contributed by atoms with van der Waals surface area (Å²) in [4.78, 5) is 22.5. The van der Waals surface area contributed by atoms with Gasteiger partial charge < -0.3 is 25.1 Å². The molecular formula is C20H20N4O3. The van der Waals surface area contributed by atoms with Crippen LogP contribution in [0.25, 0.3) is 16.6 Å². The van der Waals surface area contributed by atoms with Crippen LogP contribution >= 0.6 is 0 Å². The van der Waals surface area contributed by atoms with Crippen molar-refractivity contribution in [3.05, 3.63) is 54.1 Å². The molecule has 1 aliphatic heterocycles. The number of hydrogen-bond donors (Lipinski definition) is 2. The standard InChI is InChI=1S/C20H20N4O3/c1-11-18(25)17(20-22-15-6-4-5-7-16(15)23-20)19(21)24(11)12-8-13(26-2)10-14(9-12)27-3/h4-11H,21H2,1-3H3,(H,22,23). The average Bonchev–Trinajstić information content (AvgIpc) is 3.19. The lowest BCUT2D eigenvalue weighted by molar-refractivity contribution is -0.114. The lowest BCUT2D eigenvalue weighted by atomic mass is 10.1. The Kier molecular flexibility index (Phi) is 3.99. The van der Waals surface area contributed by atoms with Crippen LogP contribution in [0.1, 0.15) is 12.7 Å². The fourth-order valence-corrected chi connectivity index (χ4v) is 3.38. The number of fused-ring (bicyclic) bond motifs is 1. The molecule has 3 aromatic rings. The number of nitrogens with zero attached hydrogens (tertiary/aromatic N) is 2. The maximum atomic E-state index is 13.0. The first-order valence-electron chi connectivity index (χ1n) is 8.55. The van der Waals surface area contributed by atoms with Crippen LogP contribution in [-0.2, 0) is 4.79 Å². The molecule has 3 N–H and O–H groups in total. The third-order valence-corrected chi connectivity index (χ3v) is 4.77. The van der Waals surface area contributed by atoms with Crippen molar-refractivity contribution in [3.63, 3.8) is 0 Å². The Morgan fingerprint density at radius 2 is 1.78 bits per heavy atom. The number of Topliss-reactive ketones (excluding diaryl/α,β-unsaturated/α-hetero) is 1. The van der Waals surface area contributed by atoms with E-state index in [1.54, 1.807) is 25.2 Å². The second-order valence-corrected chi connectivity index (χ2v) is 6.34. The first-order chi connectivity index (χ1) is 13.0. The maximum Gasteiger partial charge on any atom is 0.192 e. The van der Waals surface area contributed by atoms with Crippen molar-refractivity contribution in [2.24, 2.45) is 5.73 Å². The van der Waals surface area contributed by atoms with Crippen molar-refractivity contribution in [1.82, 2.24) is 9.97 Å². The molecule has 27 heavy (non-hydrogen) atoms. The third-order valence-electron chi connectivity index (χ3n) is 4.77. The second kappa shape index (κ2) is 6.35. The zero-order valence-corrected chi connectivity index (χ0v) is 15.3. The molecule has 2 heterocycles. The van der Waals surface area contributed by atoms with Gasteiger partial charge in [-0.15, -0.1) is 0 Å². The summed E-state index contributed by atoms with van der Waals surface area (Å²) in [5.74, 6) is 1.97. The van der Waals surface area contributed by atoms with Gasteiger partial charge in [0.25, 0.3) is 0 Å². The zero-order valence-electron chi connectivity index (χ0n) is 15.3. The van der Waals surface area contributed by atoms with Gasteiger partial charge in [-0.3, -0.25) is 4.79 Å². The van der Waals surface area contributed by atoms with E-state index in [1.165, 1.54) is 0 Å². The Hall–Kier alpha value is -3.48. The van der Waals surface area contributed by atoms with Crippen LogP contribution in [0.4, 0.5) is 5.69 Å². The van der Waals surface area contributed by atoms with Gasteiger partial charge in [-0.2, -0.15) is 0 Å². The molecule has 1 aliphatic rings. The number of nitrogens with two attached hydrogens (primary N) is 1. The van der Waals surface area contributed by atoms with Gasteiger partial charge in [0.15, 0.2) is 5.78 Å². The molecule has 2 aromatic carbocycles. The monoisotopic (exact) mass is 364 g/mol. The molecule has 0 saturated heterocycles. The van der Waals surface area contributed by atoms with Crippen LogP contribution in [-0.4, -0.2) is 36.0 Å². The normalized spacial score (nSPS) is 17.1. The minimum absolute atomic E-state index is 0.0895. The topological polar surface area (TPSA) is 93.5 Å². The molecule has 1 atom stereocenters. The predicted molar refractivity (Wildman–Crippen MR) is 104 cm³/mol. The number of hydrogen-bond acceptors (Lipinski definition) is 6. The quantitative estimate of drug-likeness (QED) is 0.739. The lowest BCUT2D eigenvalue weighted by Crippen LogP contribution is -2.33. The summed E-state index contributed by atoms with van der Waals surface area (Å²) in [6.45, 7) is 1.82. The molecule has 0 radical (unpaired) electrons. The molecule has 1 unspecified atom stereocenters. The fraction of sp³-hybridized carbons (Fsp3) is 0.200. The number of carbonyl (C=O) groups excluding carboxylic acids is 1. The van der Waals surface area contributed by atoms with Gasteiger partial charge in [-0.1, -0.05) is 12.1 Å². The van der Waals surface area contributed by atoms with E-state index in [0.29, 0.717) is 28.7 Å². The minimum atomic E-state index is -0.468. The number of nitrogens with one attached hydrogen (secondary N) is 1. The van der Waals surface area contributed by atoms with Crippen LogP contribution in [0.3, 0.4) is 0 Å². The highest BCUT2D eigenvalue weighted by Gasteiger charge is 2.38. The van der Waals surface area contributed by atoms with Gasteiger partial charge >= 0.3 is 0 Å². The van der Waals surface area contributed by atoms with Crippen molar-refractivity contribution in [3.8, 4) is 11.5 Å². The van der Waals surface area contributed by atoms with E-state index in [1.807, 2.05) is 43.3 Å². The van der Waals surface area contributed by atoms with Crippen LogP contribution in [0.5, 0.6) is 11.5 Å². The van der Waals surface area contributed by atoms with Gasteiger partial charge in [0.05, 0.1) is 37.0 Å². The van der Waals surface area contributed by atoms with Crippen LogP contribution in [0.15, 0.2) is 48.3 Å². The van der Waals surface area contributed by atoms with Crippen molar-refractivity contribution in [2.75, 3.05) is 19.1 Å². The molecule has 7 heteroatoms. The first kappa shape index (κ1) is 17.0. The molecule has 0 bridgehead atoms. The molecule has 4 rings (SSSR count). The number of ketones is 1. The molecule has 1 aromatic heterocycles. The van der Waals surface area contributed by atoms with E-state index in [2.05, 4.69) is 9.97 Å². The van der Waals surface area contributed by atoms with Gasteiger partial charge in [0, 0.05) is 18.2 Å². The molecule has 7 nitrogen and oxygen atoms in total. The van der Waals surface area contributed by atoms with Gasteiger partial charge in [0.1, 0.15) is 28.7 Å². The molecule has 0 aliphatic carbocycles. The summed E-state index contributed by atoms with van der Waals surface area (Å²) in [5, 5.41) is 0. The molecule has 0 amide bonds. The van der Waals surface area contributed by atoms with Crippen molar-refractivity contribution >= 4 is 28.1 Å². The second-order valence-electron chi connectivity index (χ2n) is 6.34. The summed E-state index contributed by atoms with van der Waals surface area (Å²) in [7, 11) is 3.16. The van der Waals surface area contributed by atoms with E-state index in [9.17, 15) is 4.79 Å². The number of rotatable bonds is 4. The summed E-state index contributed by atoms with van der Waals surface area (Å²) in [5.41, 5.74) is 9.17. The largest absolute Gasteiger partial charge is 0.497 e. The first-order valence-corrected chi connectivity index (χ1v) is 8.55. The zero-order chi connectivity index (χ0) is 19.1. The minimum Gasteiger partial charge on any atom is -0.497 e. The Morgan fingerprint density at radius 3 is 2.41 bits per heavy atom. The van der Waals surface area contributed by atoms with Crippen molar-refractivity contribution < 1.29 is 14.3 Å². The van der Waals surface area contributed by atoms with E-state index >= 15 is 0 Å². The SMILES string of the molecule is COc1cc(OC)cc(N2C(N)=C(c3nc4ccccc4[nH]3)C(=O)C2C)c1. The van der Waals surface area contributed by atoms with Gasteiger partial charge in [0.2, 0.25) is 0 Å². The number of methoxy groups -OCH3 is 2. The summed E-state index contributed by atoms with van der Waals surface area (Å²) < 4.78 is 10.7. The summed E-state index contributed by atoms with van der Waals surface area (Å²) >= 11 is 0. The smallest absolute Gasteiger partial charge is 0.192 e. The Bertz CT molecular complexity index is 1010. The molecule has 0 fully saturated rings. The van der Waals surface area contributed by atoms with Crippen molar-refractivity contribution in [2.45, 2.75) is 13.0 Å². The molecule has 138 valence electrons. The average molecular weight is 364 g/mol. The van der Waals surface area contributed by atoms with Gasteiger partial charge in [-0.25, -0.2) is 4.98 Å². The Balaban J connectivity index is 1.84. The number of carbonyl (C=O) groups is 1. The Morgan fingerprint density at radius 1 is 1.11 bits per heavy atom. The summed E-state index contributed by atoms with van der Waals surface area (Å²) in [6.07, 6.45) is 0. The van der Waals surface area contributed by atoms with Crippen molar-refractivity contribution in [1.29, 1.82) is 0 Å². The number of benzene rings is 2. The van der Waals surface area contributed by atoms with E-state index < -0.39 is 6.04 Å². The highest BCUT2D eigenvalue weighted by Crippen LogP contribution is 2.37. The number of imidazole rings is 1. The molecule has 0 saturated carbocycles. The number of aromatic amines is 1. The van der Waals surface area contributed by atoms with Gasteiger partial charge in [-0.05, 0) is 19.1 Å². The van der Waals surface area contributed by atoms with Crippen LogP contribution < -0.4 is 20.1 Å². The number of ether oxygens (including phenoxy) is 2. The number of aromatic nitrogens is 2. The molecule has 0 spiro atoms. The third kappa shape index (κ3) is 2.68. The lowest BCUT2D eigenvalue weighted by Gasteiger charge is -2.25. The number of H-pyrrole nitrogens is 1. The predicted octanol–water partition coefficient (Wildman–Crippen LogP) is 2.69. The van der Waals surface area contributed by atoms with Crippen LogP contribution in [0.2, 0.25) is 0 Å². The van der Waals surface area contributed by atoms with E-state index in [0.717, 1.165) is 16.7 Å². The fourth-order valence-electron chi connectivity index (χ4n) is 3.38. The molecular weight excluding hydrogens is 344 g/mol. The Labute approximate surface area is 156 Å². The number of anilines is 1. The number of para-hydroxylation sites is 2. The maximum absolute atomic E-state index is 13.0. The summed E-state index contributed by atoms with van der Waals surface area (Å²) in [6, 6.07) is 12.6. The highest BCUT2D eigenvalue weighted by atomic mass is 16.5. The van der Waals surface area contributed by atoms with Crippen LogP contribution in [0, 0.1) is 0 Å². The van der Waals surface area contributed by atoms with E-state index in [-0.39, 0.29) is 5.78 Å². The highest BCUT2D eigenvalue weighted by molar-refractivity contribution is 6.27. The van der Waals surface area contributed by atoms with E-state index in [4.69, 9.17) is 15.2 Å².